The van der Waals surface area contributed by atoms with Gasteiger partial charge in [-0.05, 0) is 12.5 Å². The fourth-order valence-electron chi connectivity index (χ4n) is 1.99. The number of nitro benzene ring substituents is 1. The van der Waals surface area contributed by atoms with Crippen LogP contribution in [0.1, 0.15) is 19.0 Å². The fourth-order valence-corrected chi connectivity index (χ4v) is 2.30. The molecule has 0 fully saturated rings. The number of aryl methyl sites for hydroxylation is 1. The van der Waals surface area contributed by atoms with Crippen LogP contribution in [-0.4, -0.2) is 21.3 Å². The third kappa shape index (κ3) is 4.13. The normalized spacial score (nSPS) is 11.4. The molecule has 2 rings (SSSR count). The summed E-state index contributed by atoms with van der Waals surface area (Å²) in [4.78, 5) is 10.4. The first-order valence-corrected chi connectivity index (χ1v) is 7.41. The third-order valence-electron chi connectivity index (χ3n) is 3.03. The van der Waals surface area contributed by atoms with E-state index in [0.29, 0.717) is 11.1 Å². The highest BCUT2D eigenvalue weighted by molar-refractivity contribution is 6.32. The van der Waals surface area contributed by atoms with Crippen molar-refractivity contribution >= 4 is 17.3 Å². The number of aromatic nitrogens is 2. The Morgan fingerprint density at radius 2 is 2.08 bits per heavy atom. The van der Waals surface area contributed by atoms with Gasteiger partial charge in [-0.15, -0.1) is 5.10 Å². The zero-order valence-corrected chi connectivity index (χ0v) is 13.9. The molecule has 0 saturated carbocycles. The summed E-state index contributed by atoms with van der Waals surface area (Å²) in [7, 11) is 1.08. The molecule has 0 aliphatic carbocycles. The van der Waals surface area contributed by atoms with Crippen LogP contribution in [0.25, 0.3) is 0 Å². The Bertz CT molecular complexity index is 792. The number of rotatable bonds is 6. The van der Waals surface area contributed by atoms with Crippen LogP contribution in [-0.2, 0) is 13.2 Å². The summed E-state index contributed by atoms with van der Waals surface area (Å²) in [6.07, 6.45) is -4.09. The standard InChI is InChI=1S/C14H13ClF3N3O4/c1-3-6-24-10-7-8(4-5-9(10)21(22)23)25-13-11(15)12(14(16,17)18)20(2)19-13/h4-5,7H,3,6H2,1-2H3. The highest BCUT2D eigenvalue weighted by Crippen LogP contribution is 2.41. The molecule has 0 amide bonds. The van der Waals surface area contributed by atoms with Crippen LogP contribution in [0.2, 0.25) is 5.02 Å². The lowest BCUT2D eigenvalue weighted by Crippen LogP contribution is -2.12. The van der Waals surface area contributed by atoms with Crippen molar-refractivity contribution in [2.45, 2.75) is 19.5 Å². The van der Waals surface area contributed by atoms with Crippen LogP contribution < -0.4 is 9.47 Å². The molecule has 0 aliphatic rings. The van der Waals surface area contributed by atoms with Gasteiger partial charge in [-0.1, -0.05) is 18.5 Å². The number of ether oxygens (including phenoxy) is 2. The van der Waals surface area contributed by atoms with Gasteiger partial charge in [-0.3, -0.25) is 14.8 Å². The highest BCUT2D eigenvalue weighted by Gasteiger charge is 2.39. The predicted octanol–water partition coefficient (Wildman–Crippen LogP) is 4.58. The van der Waals surface area contributed by atoms with E-state index < -0.39 is 27.7 Å². The second-order valence-electron chi connectivity index (χ2n) is 4.93. The zero-order chi connectivity index (χ0) is 18.8. The SMILES string of the molecule is CCCOc1cc(Oc2nn(C)c(C(F)(F)F)c2Cl)ccc1[N+](=O)[O-]. The maximum atomic E-state index is 12.9. The Morgan fingerprint density at radius 3 is 2.60 bits per heavy atom. The van der Waals surface area contributed by atoms with E-state index in [4.69, 9.17) is 21.1 Å². The minimum atomic E-state index is -4.70. The molecule has 0 aliphatic heterocycles. The smallest absolute Gasteiger partial charge is 0.434 e. The van der Waals surface area contributed by atoms with Crippen molar-refractivity contribution in [1.29, 1.82) is 0 Å². The molecule has 1 aromatic carbocycles. The first kappa shape index (κ1) is 18.8. The lowest BCUT2D eigenvalue weighted by atomic mass is 10.3. The van der Waals surface area contributed by atoms with Gasteiger partial charge in [0.15, 0.2) is 5.69 Å². The van der Waals surface area contributed by atoms with Crippen molar-refractivity contribution in [1.82, 2.24) is 9.78 Å². The molecule has 0 spiro atoms. The summed E-state index contributed by atoms with van der Waals surface area (Å²) in [6, 6.07) is 3.54. The largest absolute Gasteiger partial charge is 0.487 e. The Balaban J connectivity index is 2.36. The molecule has 0 bridgehead atoms. The van der Waals surface area contributed by atoms with Crippen LogP contribution in [0.4, 0.5) is 18.9 Å². The molecule has 0 saturated heterocycles. The second-order valence-corrected chi connectivity index (χ2v) is 5.30. The van der Waals surface area contributed by atoms with E-state index >= 15 is 0 Å². The summed E-state index contributed by atoms with van der Waals surface area (Å²) in [5.41, 5.74) is -1.45. The van der Waals surface area contributed by atoms with Gasteiger partial charge in [-0.2, -0.15) is 13.2 Å². The van der Waals surface area contributed by atoms with Crippen molar-refractivity contribution < 1.29 is 27.6 Å². The summed E-state index contributed by atoms with van der Waals surface area (Å²) in [6.45, 7) is 2.05. The van der Waals surface area contributed by atoms with Gasteiger partial charge >= 0.3 is 11.9 Å². The average molecular weight is 380 g/mol. The molecule has 0 atom stereocenters. The molecule has 25 heavy (non-hydrogen) atoms. The Kier molecular flexibility index (Phi) is 5.41. The van der Waals surface area contributed by atoms with Crippen molar-refractivity contribution in [2.24, 2.45) is 7.05 Å². The van der Waals surface area contributed by atoms with Crippen LogP contribution in [0.5, 0.6) is 17.4 Å². The molecule has 0 unspecified atom stereocenters. The second kappa shape index (κ2) is 7.18. The van der Waals surface area contributed by atoms with Gasteiger partial charge in [-0.25, -0.2) is 0 Å². The number of nitro groups is 1. The van der Waals surface area contributed by atoms with E-state index in [1.54, 1.807) is 0 Å². The molecule has 11 heteroatoms. The Hall–Kier alpha value is -2.49. The molecule has 1 aromatic heterocycles. The van der Waals surface area contributed by atoms with Crippen molar-refractivity contribution in [3.05, 3.63) is 39.0 Å². The minimum Gasteiger partial charge on any atom is -0.487 e. The van der Waals surface area contributed by atoms with E-state index in [-0.39, 0.29) is 23.8 Å². The molecule has 0 N–H and O–H groups in total. The summed E-state index contributed by atoms with van der Waals surface area (Å²) in [5.74, 6) is -0.523. The van der Waals surface area contributed by atoms with Gasteiger partial charge in [0.05, 0.1) is 11.5 Å². The minimum absolute atomic E-state index is 0.00503. The first-order chi connectivity index (χ1) is 11.6. The Labute approximate surface area is 145 Å². The van der Waals surface area contributed by atoms with Gasteiger partial charge in [0.25, 0.3) is 5.88 Å². The topological polar surface area (TPSA) is 79.4 Å². The number of hydrogen-bond donors (Lipinski definition) is 0. The lowest BCUT2D eigenvalue weighted by molar-refractivity contribution is -0.385. The molecule has 7 nitrogen and oxygen atoms in total. The zero-order valence-electron chi connectivity index (χ0n) is 13.1. The number of nitrogens with zero attached hydrogens (tertiary/aromatic N) is 3. The van der Waals surface area contributed by atoms with Crippen LogP contribution in [0.15, 0.2) is 18.2 Å². The third-order valence-corrected chi connectivity index (χ3v) is 3.37. The van der Waals surface area contributed by atoms with Crippen LogP contribution in [0.3, 0.4) is 0 Å². The first-order valence-electron chi connectivity index (χ1n) is 7.04. The molecule has 136 valence electrons. The van der Waals surface area contributed by atoms with Crippen molar-refractivity contribution in [2.75, 3.05) is 6.61 Å². The summed E-state index contributed by atoms with van der Waals surface area (Å²) in [5, 5.41) is 13.9. The molecule has 0 radical (unpaired) electrons. The Morgan fingerprint density at radius 1 is 1.40 bits per heavy atom. The van der Waals surface area contributed by atoms with E-state index in [0.717, 1.165) is 13.1 Å². The van der Waals surface area contributed by atoms with Gasteiger partial charge in [0, 0.05) is 19.2 Å². The summed E-state index contributed by atoms with van der Waals surface area (Å²) >= 11 is 5.70. The van der Waals surface area contributed by atoms with Gasteiger partial charge < -0.3 is 9.47 Å². The number of alkyl halides is 3. The van der Waals surface area contributed by atoms with Crippen LogP contribution >= 0.6 is 11.6 Å². The van der Waals surface area contributed by atoms with E-state index in [2.05, 4.69) is 5.10 Å². The van der Waals surface area contributed by atoms with E-state index in [1.165, 1.54) is 12.1 Å². The highest BCUT2D eigenvalue weighted by atomic mass is 35.5. The predicted molar refractivity (Wildman–Crippen MR) is 82.2 cm³/mol. The monoisotopic (exact) mass is 379 g/mol. The average Bonchev–Trinajstić information content (AvgIpc) is 2.78. The van der Waals surface area contributed by atoms with Crippen molar-refractivity contribution in [3.63, 3.8) is 0 Å². The van der Waals surface area contributed by atoms with E-state index in [9.17, 15) is 23.3 Å². The maximum absolute atomic E-state index is 12.9. The van der Waals surface area contributed by atoms with Gasteiger partial charge in [0.2, 0.25) is 5.75 Å². The summed E-state index contributed by atoms with van der Waals surface area (Å²) < 4.78 is 49.8. The quantitative estimate of drug-likeness (QED) is 0.542. The van der Waals surface area contributed by atoms with Gasteiger partial charge in [0.1, 0.15) is 10.8 Å². The lowest BCUT2D eigenvalue weighted by Gasteiger charge is -2.08. The molecular weight excluding hydrogens is 367 g/mol. The number of benzene rings is 1. The van der Waals surface area contributed by atoms with Crippen molar-refractivity contribution in [3.8, 4) is 17.4 Å². The number of halogens is 4. The van der Waals surface area contributed by atoms with E-state index in [1.807, 2.05) is 6.92 Å². The number of hydrogen-bond acceptors (Lipinski definition) is 5. The maximum Gasteiger partial charge on any atom is 0.434 e. The fraction of sp³-hybridized carbons (Fsp3) is 0.357. The van der Waals surface area contributed by atoms with Crippen LogP contribution in [0, 0.1) is 10.1 Å². The molecule has 2 aromatic rings. The molecular formula is C14H13ClF3N3O4. The molecule has 1 heterocycles.